The molecule has 0 saturated carbocycles. The van der Waals surface area contributed by atoms with Crippen molar-refractivity contribution >= 4 is 117 Å². The molecule has 0 aromatic heterocycles. The molecule has 40 nitrogen and oxygen atoms in total. The lowest BCUT2D eigenvalue weighted by Gasteiger charge is -2.57. The molecule has 7 saturated heterocycles. The molecule has 7 aliphatic rings. The van der Waals surface area contributed by atoms with Gasteiger partial charge in [-0.3, -0.25) is 17.1 Å². The van der Waals surface area contributed by atoms with Crippen LogP contribution in [0.1, 0.15) is 41.2 Å². The highest BCUT2D eigenvalue weighted by molar-refractivity contribution is 7.90. The van der Waals surface area contributed by atoms with Crippen molar-refractivity contribution in [3.05, 3.63) is 174 Å². The van der Waals surface area contributed by atoms with Crippen LogP contribution >= 0.6 is 95.0 Å². The quantitative estimate of drug-likeness (QED) is 0.00593. The third kappa shape index (κ3) is 24.3. The van der Waals surface area contributed by atoms with Gasteiger partial charge in [-0.25, -0.2) is 29.5 Å². The zero-order valence-corrected chi connectivity index (χ0v) is 70.1. The summed E-state index contributed by atoms with van der Waals surface area (Å²) in [6, 6.07) is 32.3. The molecule has 666 valence electrons. The van der Waals surface area contributed by atoms with Crippen LogP contribution < -0.4 is 0 Å². The first-order valence-corrected chi connectivity index (χ1v) is 41.3. The number of fused-ring (bicyclic) bond motifs is 3. The summed E-state index contributed by atoms with van der Waals surface area (Å²) < 4.78 is 190. The van der Waals surface area contributed by atoms with Crippen LogP contribution in [0.15, 0.2) is 121 Å². The van der Waals surface area contributed by atoms with Crippen LogP contribution in [0.2, 0.25) is 25.1 Å². The van der Waals surface area contributed by atoms with Crippen molar-refractivity contribution < 1.29 is 189 Å². The van der Waals surface area contributed by atoms with Gasteiger partial charge in [-0.1, -0.05) is 141 Å². The molecule has 12 rings (SSSR count). The first-order chi connectivity index (χ1) is 57.8. The van der Waals surface area contributed by atoms with Gasteiger partial charge in [0.2, 0.25) is 5.60 Å². The van der Waals surface area contributed by atoms with Crippen LogP contribution in [0.3, 0.4) is 0 Å². The maximum absolute atomic E-state index is 14.8. The Morgan fingerprint density at radius 2 is 0.808 bits per heavy atom. The number of aliphatic carboxylic acids is 2. The van der Waals surface area contributed by atoms with Gasteiger partial charge >= 0.3 is 22.3 Å². The highest BCUT2D eigenvalue weighted by atomic mass is 35.5. The van der Waals surface area contributed by atoms with E-state index in [1.165, 1.54) is 14.0 Å². The second-order valence-electron chi connectivity index (χ2n) is 27.0. The highest BCUT2D eigenvalue weighted by Gasteiger charge is 2.70. The highest BCUT2D eigenvalue weighted by Crippen LogP contribution is 2.48. The fourth-order valence-electron chi connectivity index (χ4n) is 14.2. The van der Waals surface area contributed by atoms with Crippen molar-refractivity contribution in [1.29, 1.82) is 0 Å². The molecular weight excluding hydrogens is 1800 g/mol. The van der Waals surface area contributed by atoms with E-state index in [0.29, 0.717) is 52.9 Å². The average Bonchev–Trinajstić information content (AvgIpc) is 0.726. The number of carboxylic acids is 2. The van der Waals surface area contributed by atoms with Gasteiger partial charge in [0, 0.05) is 46.4 Å². The lowest BCUT2D eigenvalue weighted by molar-refractivity contribution is -0.440. The molecule has 0 amide bonds. The van der Waals surface area contributed by atoms with Gasteiger partial charge in [-0.05, 0) is 94.9 Å². The monoisotopic (exact) mass is 1880 g/mol. The van der Waals surface area contributed by atoms with Crippen LogP contribution in [0.25, 0.3) is 0 Å². The van der Waals surface area contributed by atoms with Gasteiger partial charge in [-0.2, -0.15) is 8.42 Å². The first kappa shape index (κ1) is 96.8. The van der Waals surface area contributed by atoms with E-state index in [2.05, 4.69) is 23.8 Å². The Morgan fingerprint density at radius 1 is 0.433 bits per heavy atom. The number of carboxylic acid groups (broad SMARTS) is 2. The number of hydrogen-bond acceptors (Lipinski definition) is 40. The van der Waals surface area contributed by atoms with Crippen molar-refractivity contribution in [2.24, 2.45) is 0 Å². The van der Waals surface area contributed by atoms with E-state index in [0.717, 1.165) is 14.2 Å². The smallest absolute Gasteiger partial charge is 0.397 e. The van der Waals surface area contributed by atoms with Gasteiger partial charge in [-0.15, -0.1) is 13.0 Å². The Bertz CT molecular complexity index is 4090. The Balaban J connectivity index is 0.958. The van der Waals surface area contributed by atoms with Crippen molar-refractivity contribution in [3.63, 3.8) is 0 Å². The maximum Gasteiger partial charge on any atom is 0.397 e. The van der Waals surface area contributed by atoms with E-state index in [9.17, 15) is 53.5 Å². The van der Waals surface area contributed by atoms with E-state index in [1.54, 1.807) is 121 Å². The third-order valence-electron chi connectivity index (χ3n) is 19.9. The van der Waals surface area contributed by atoms with E-state index >= 15 is 0 Å². The van der Waals surface area contributed by atoms with Crippen LogP contribution in [0.5, 0.6) is 0 Å². The Morgan fingerprint density at radius 3 is 1.22 bits per heavy atom. The normalized spacial score (nSPS) is 32.7. The molecular formula is C71H83Cl5O40S4. The number of carbonyl (C=O) groups is 2. The zero-order valence-electron chi connectivity index (χ0n) is 63.1. The minimum absolute atomic E-state index is 0.121. The standard InChI is InChI=1S/C71H83Cl5O40S4/c1-5-70(68(79)80)61(104-64-56(95-31-38-12-22-43(75)23-13-38)51(93-29-36-8-18-41(73)19-9-36)48(47(101-64)33-98-120(86,87)88)92-28-35-6-16-40(72)17-7-35)54(89-2)57(96-32-39-14-24-44(76)25-15-39)66(106-70)103-50-46(27-78)100-65(60(110-119-116-113-85)53(50)108-117-114-111-83)105-62-55(90-3)58-67(107-71(62,34-97-58)69(81)82)102-49-45(26-77)99-63(91-4)59(109-118-115-112-84)52(49)94-30-37-10-20-42(74)21-11-37/h6-25,45-67,77-78,83-85H,5,26-34H2,1-4H3,(H,79,80)(H,81,82)(H,86,87,88)/t45?,46?,47?,48-,49-,50-,51-,52-,53-,54+,55?,56?,57?,58+,59?,60?,61+,62+,63+,64-,65-,66+,67-,70?,71?/m0/s1. The summed E-state index contributed by atoms with van der Waals surface area (Å²) in [5.74, 6) is -3.56. The maximum atomic E-state index is 14.8. The first-order valence-electron chi connectivity index (χ1n) is 36.0. The average molecular weight is 1880 g/mol. The second kappa shape index (κ2) is 46.2. The zero-order chi connectivity index (χ0) is 85.8. The van der Waals surface area contributed by atoms with Crippen molar-refractivity contribution in [1.82, 2.24) is 0 Å². The summed E-state index contributed by atoms with van der Waals surface area (Å²) in [5, 5.41) is 87.5. The topological polar surface area (TPSA) is 489 Å². The minimum atomic E-state index is -5.29. The largest absolute Gasteiger partial charge is 0.479 e. The summed E-state index contributed by atoms with van der Waals surface area (Å²) in [5.41, 5.74) is -2.91. The lowest BCUT2D eigenvalue weighted by atomic mass is 9.83. The number of ether oxygens (including phenoxy) is 18. The van der Waals surface area contributed by atoms with Crippen molar-refractivity contribution in [3.8, 4) is 0 Å². The predicted molar refractivity (Wildman–Crippen MR) is 408 cm³/mol. The van der Waals surface area contributed by atoms with Crippen molar-refractivity contribution in [2.45, 2.75) is 199 Å². The molecule has 5 aromatic carbocycles. The Kier molecular flexibility index (Phi) is 37.3. The summed E-state index contributed by atoms with van der Waals surface area (Å²) in [6.45, 7) is -3.77. The van der Waals surface area contributed by atoms with E-state index in [1.807, 2.05) is 0 Å². The Hall–Kier alpha value is -3.87. The fourth-order valence-corrected chi connectivity index (χ4v) is 16.2. The van der Waals surface area contributed by atoms with E-state index in [4.69, 9.17) is 170 Å². The molecule has 25 atom stereocenters. The number of rotatable bonds is 46. The van der Waals surface area contributed by atoms with E-state index in [-0.39, 0.29) is 63.4 Å². The summed E-state index contributed by atoms with van der Waals surface area (Å²) in [6.07, 6.45) is -40.5. The van der Waals surface area contributed by atoms with Gasteiger partial charge in [0.25, 0.3) is 0 Å². The fraction of sp³-hybridized carbons (Fsp3) is 0.549. The molecule has 0 radical (unpaired) electrons. The molecule has 5 aromatic rings. The van der Waals surface area contributed by atoms with Crippen LogP contribution in [-0.4, -0.2) is 261 Å². The molecule has 0 spiro atoms. The minimum Gasteiger partial charge on any atom is -0.479 e. The Labute approximate surface area is 722 Å². The van der Waals surface area contributed by atoms with Crippen LogP contribution in [0, 0.1) is 0 Å². The number of aliphatic hydroxyl groups excluding tert-OH is 2. The molecule has 10 unspecified atom stereocenters. The number of aliphatic hydroxyl groups is 2. The molecule has 0 aliphatic carbocycles. The SMILES string of the molecule is CCC1(C(=O)O)O[C@@H](O[C@H]2C(CO)O[C@@H](O[C@@H]3C(OC)[C@H]4OCC3(C(=O)O)O[C@@H]4O[C@H]3C(CO)O[C@@H](OC)C(OSOOO)[C@H]3OCc3ccc(Cl)cc3)C(OSOOO)[C@H]2OSOOO)C(OCc2ccc(Cl)cc2)[C@@H](OC)[C@H]1O[C@@H]1OC(COS(=O)(=O)O)[C@H](OCc2ccc(Cl)cc2)[C@H](OCc2ccc(Cl)cc2)C1OCc1ccc(Cl)cc1. The molecule has 2 bridgehead atoms. The summed E-state index contributed by atoms with van der Waals surface area (Å²) in [4.78, 5) is 29.0. The summed E-state index contributed by atoms with van der Waals surface area (Å²) in [7, 11) is -1.74. The number of halogens is 5. The van der Waals surface area contributed by atoms with Crippen molar-refractivity contribution in [2.75, 3.05) is 47.8 Å². The molecule has 49 heteroatoms. The molecule has 120 heavy (non-hydrogen) atoms. The van der Waals surface area contributed by atoms with Gasteiger partial charge in [0.1, 0.15) is 97.7 Å². The predicted octanol–water partition coefficient (Wildman–Crippen LogP) is 8.65. The van der Waals surface area contributed by atoms with Gasteiger partial charge in [0.15, 0.2) is 86.2 Å². The van der Waals surface area contributed by atoms with Gasteiger partial charge in [0.05, 0.1) is 59.5 Å². The molecule has 7 aliphatic heterocycles. The molecule has 7 heterocycles. The van der Waals surface area contributed by atoms with Crippen LogP contribution in [0.4, 0.5) is 0 Å². The van der Waals surface area contributed by atoms with E-state index < -0.39 is 214 Å². The number of methoxy groups -OCH3 is 3. The van der Waals surface area contributed by atoms with Gasteiger partial charge < -0.3 is 106 Å². The summed E-state index contributed by atoms with van der Waals surface area (Å²) >= 11 is 31.3. The third-order valence-corrected chi connectivity index (χ3v) is 22.9. The number of benzene rings is 5. The lowest BCUT2D eigenvalue weighted by Crippen LogP contribution is -2.77. The molecule has 8 N–H and O–H groups in total. The van der Waals surface area contributed by atoms with Crippen LogP contribution in [-0.2, 0) is 183 Å². The second-order valence-corrected chi connectivity index (χ2v) is 31.6. The molecule has 7 fully saturated rings. The number of hydrogen-bond donors (Lipinski definition) is 8.